The van der Waals surface area contributed by atoms with Crippen LogP contribution in [0.4, 0.5) is 0 Å². The van der Waals surface area contributed by atoms with Crippen LogP contribution in [0, 0.1) is 0 Å². The SMILES string of the molecule is c1ccc2sc(Oc3ccc(CCCN(CCCc4nc[nH]n4)C4CC4)cc3)nc2c1. The highest BCUT2D eigenvalue weighted by Crippen LogP contribution is 2.31. The van der Waals surface area contributed by atoms with Gasteiger partial charge < -0.3 is 9.64 Å². The summed E-state index contributed by atoms with van der Waals surface area (Å²) in [5.41, 5.74) is 2.34. The van der Waals surface area contributed by atoms with Crippen molar-refractivity contribution in [1.82, 2.24) is 25.1 Å². The molecule has 5 rings (SSSR count). The minimum absolute atomic E-state index is 0.694. The van der Waals surface area contributed by atoms with Gasteiger partial charge in [-0.2, -0.15) is 5.10 Å². The van der Waals surface area contributed by atoms with E-state index < -0.39 is 0 Å². The molecule has 1 aliphatic rings. The molecule has 7 heteroatoms. The molecule has 31 heavy (non-hydrogen) atoms. The predicted octanol–water partition coefficient (Wildman–Crippen LogP) is 5.24. The van der Waals surface area contributed by atoms with Crippen LogP contribution in [-0.2, 0) is 12.8 Å². The molecule has 1 aliphatic carbocycles. The summed E-state index contributed by atoms with van der Waals surface area (Å²) in [5.74, 6) is 1.76. The van der Waals surface area contributed by atoms with E-state index in [1.54, 1.807) is 17.7 Å². The number of H-pyrrole nitrogens is 1. The molecular formula is C24H27N5OS. The van der Waals surface area contributed by atoms with E-state index in [2.05, 4.69) is 55.4 Å². The highest BCUT2D eigenvalue weighted by molar-refractivity contribution is 7.20. The van der Waals surface area contributed by atoms with Crippen molar-refractivity contribution < 1.29 is 4.74 Å². The monoisotopic (exact) mass is 433 g/mol. The fourth-order valence-electron chi connectivity index (χ4n) is 3.92. The van der Waals surface area contributed by atoms with Crippen molar-refractivity contribution >= 4 is 21.6 Å². The number of hydrogen-bond acceptors (Lipinski definition) is 6. The number of para-hydroxylation sites is 1. The molecule has 2 heterocycles. The summed E-state index contributed by atoms with van der Waals surface area (Å²) in [5, 5.41) is 7.64. The van der Waals surface area contributed by atoms with Gasteiger partial charge >= 0.3 is 0 Å². The van der Waals surface area contributed by atoms with Crippen LogP contribution in [0.1, 0.15) is 37.1 Å². The molecule has 0 spiro atoms. The molecule has 1 fully saturated rings. The number of rotatable bonds is 11. The number of aryl methyl sites for hydroxylation is 2. The maximum Gasteiger partial charge on any atom is 0.279 e. The van der Waals surface area contributed by atoms with Crippen molar-refractivity contribution in [3.8, 4) is 10.9 Å². The Balaban J connectivity index is 1.08. The Kier molecular flexibility index (Phi) is 6.22. The van der Waals surface area contributed by atoms with E-state index in [4.69, 9.17) is 4.74 Å². The standard InChI is InChI=1S/C24H27N5OS/c1-2-7-22-21(6-1)27-24(31-22)30-20-13-9-18(10-14-20)5-3-15-29(19-11-12-19)16-4-8-23-25-17-26-28-23/h1-2,6-7,9-10,13-14,17,19H,3-5,8,11-12,15-16H2,(H,25,26,28). The number of aromatic nitrogens is 4. The van der Waals surface area contributed by atoms with Gasteiger partial charge in [0.2, 0.25) is 0 Å². The minimum Gasteiger partial charge on any atom is -0.431 e. The zero-order chi connectivity index (χ0) is 20.9. The third-order valence-corrected chi connectivity index (χ3v) is 6.60. The molecule has 0 saturated heterocycles. The lowest BCUT2D eigenvalue weighted by molar-refractivity contribution is 0.256. The van der Waals surface area contributed by atoms with Crippen molar-refractivity contribution in [2.45, 2.75) is 44.6 Å². The van der Waals surface area contributed by atoms with E-state index in [-0.39, 0.29) is 0 Å². The van der Waals surface area contributed by atoms with E-state index in [0.717, 1.165) is 60.2 Å². The Bertz CT molecular complexity index is 1060. The van der Waals surface area contributed by atoms with Crippen LogP contribution < -0.4 is 4.74 Å². The summed E-state index contributed by atoms with van der Waals surface area (Å²) >= 11 is 1.58. The van der Waals surface area contributed by atoms with Crippen LogP contribution in [0.3, 0.4) is 0 Å². The second-order valence-electron chi connectivity index (χ2n) is 8.08. The van der Waals surface area contributed by atoms with Crippen LogP contribution >= 0.6 is 11.3 Å². The Morgan fingerprint density at radius 1 is 1.00 bits per heavy atom. The van der Waals surface area contributed by atoms with E-state index in [0.29, 0.717) is 5.19 Å². The molecule has 0 unspecified atom stereocenters. The number of nitrogens with zero attached hydrogens (tertiary/aromatic N) is 4. The van der Waals surface area contributed by atoms with Gasteiger partial charge in [-0.15, -0.1) is 0 Å². The van der Waals surface area contributed by atoms with Crippen LogP contribution in [0.15, 0.2) is 54.9 Å². The lowest BCUT2D eigenvalue weighted by Gasteiger charge is -2.21. The lowest BCUT2D eigenvalue weighted by atomic mass is 10.1. The summed E-state index contributed by atoms with van der Waals surface area (Å²) in [6, 6.07) is 17.4. The molecule has 0 radical (unpaired) electrons. The van der Waals surface area contributed by atoms with Crippen molar-refractivity contribution in [3.05, 3.63) is 66.2 Å². The quantitative estimate of drug-likeness (QED) is 0.350. The third-order valence-electron chi connectivity index (χ3n) is 5.69. The number of fused-ring (bicyclic) bond motifs is 1. The Labute approximate surface area is 186 Å². The predicted molar refractivity (Wildman–Crippen MR) is 124 cm³/mol. The van der Waals surface area contributed by atoms with E-state index >= 15 is 0 Å². The van der Waals surface area contributed by atoms with Crippen molar-refractivity contribution in [2.75, 3.05) is 13.1 Å². The number of nitrogens with one attached hydrogen (secondary N) is 1. The fraction of sp³-hybridized carbons (Fsp3) is 0.375. The maximum absolute atomic E-state index is 5.96. The van der Waals surface area contributed by atoms with Gasteiger partial charge in [-0.3, -0.25) is 5.10 Å². The lowest BCUT2D eigenvalue weighted by Crippen LogP contribution is -2.29. The summed E-state index contributed by atoms with van der Waals surface area (Å²) in [7, 11) is 0. The molecule has 0 aliphatic heterocycles. The second kappa shape index (κ2) is 9.58. The smallest absolute Gasteiger partial charge is 0.279 e. The second-order valence-corrected chi connectivity index (χ2v) is 9.08. The molecule has 0 bridgehead atoms. The normalized spacial score (nSPS) is 13.8. The van der Waals surface area contributed by atoms with Crippen molar-refractivity contribution in [2.24, 2.45) is 0 Å². The average molecular weight is 434 g/mol. The van der Waals surface area contributed by atoms with Gasteiger partial charge in [0.05, 0.1) is 10.2 Å². The first-order valence-electron chi connectivity index (χ1n) is 11.0. The molecule has 1 saturated carbocycles. The van der Waals surface area contributed by atoms with Crippen molar-refractivity contribution in [3.63, 3.8) is 0 Å². The van der Waals surface area contributed by atoms with Crippen LogP contribution in [-0.4, -0.2) is 44.2 Å². The molecule has 4 aromatic rings. The largest absolute Gasteiger partial charge is 0.431 e. The van der Waals surface area contributed by atoms with Crippen LogP contribution in [0.2, 0.25) is 0 Å². The minimum atomic E-state index is 0.694. The zero-order valence-corrected chi connectivity index (χ0v) is 18.4. The first-order chi connectivity index (χ1) is 15.3. The van der Waals surface area contributed by atoms with Gasteiger partial charge in [-0.1, -0.05) is 35.6 Å². The highest BCUT2D eigenvalue weighted by Gasteiger charge is 2.28. The summed E-state index contributed by atoms with van der Waals surface area (Å²) in [6.45, 7) is 2.29. The van der Waals surface area contributed by atoms with Gasteiger partial charge in [0.15, 0.2) is 0 Å². The van der Waals surface area contributed by atoms with Gasteiger partial charge in [-0.25, -0.2) is 9.97 Å². The Morgan fingerprint density at radius 3 is 2.55 bits per heavy atom. The summed E-state index contributed by atoms with van der Waals surface area (Å²) in [4.78, 5) is 11.4. The van der Waals surface area contributed by atoms with Crippen LogP contribution in [0.5, 0.6) is 10.9 Å². The number of hydrogen-bond donors (Lipinski definition) is 1. The molecule has 2 aromatic heterocycles. The van der Waals surface area contributed by atoms with Crippen LogP contribution in [0.25, 0.3) is 10.2 Å². The van der Waals surface area contributed by atoms with Gasteiger partial charge in [0, 0.05) is 12.5 Å². The number of benzene rings is 2. The number of ether oxygens (including phenoxy) is 1. The topological polar surface area (TPSA) is 66.9 Å². The molecule has 6 nitrogen and oxygen atoms in total. The van der Waals surface area contributed by atoms with E-state index in [1.807, 2.05) is 18.2 Å². The number of thiazole rings is 1. The molecule has 160 valence electrons. The fourth-order valence-corrected chi connectivity index (χ4v) is 4.75. The molecule has 0 amide bonds. The Hall–Kier alpha value is -2.77. The Morgan fingerprint density at radius 2 is 1.81 bits per heavy atom. The maximum atomic E-state index is 5.96. The number of aromatic amines is 1. The molecule has 0 atom stereocenters. The summed E-state index contributed by atoms with van der Waals surface area (Å²) < 4.78 is 7.11. The van der Waals surface area contributed by atoms with Gasteiger partial charge in [-0.05, 0) is 75.0 Å². The molecule has 1 N–H and O–H groups in total. The van der Waals surface area contributed by atoms with E-state index in [9.17, 15) is 0 Å². The molecule has 2 aromatic carbocycles. The van der Waals surface area contributed by atoms with Gasteiger partial charge in [0.1, 0.15) is 17.9 Å². The van der Waals surface area contributed by atoms with Gasteiger partial charge in [0.25, 0.3) is 5.19 Å². The first-order valence-corrected chi connectivity index (χ1v) is 11.9. The highest BCUT2D eigenvalue weighted by atomic mass is 32.1. The third kappa shape index (κ3) is 5.48. The average Bonchev–Trinajstić information content (AvgIpc) is 3.34. The zero-order valence-electron chi connectivity index (χ0n) is 17.5. The molecular weight excluding hydrogens is 406 g/mol. The van der Waals surface area contributed by atoms with Crippen molar-refractivity contribution in [1.29, 1.82) is 0 Å². The first kappa shape index (κ1) is 20.2. The van der Waals surface area contributed by atoms with E-state index in [1.165, 1.54) is 24.8 Å². The summed E-state index contributed by atoms with van der Waals surface area (Å²) in [6.07, 6.45) is 8.68.